The van der Waals surface area contributed by atoms with Gasteiger partial charge >= 0.3 is 5.97 Å². The van der Waals surface area contributed by atoms with Crippen LogP contribution in [0.25, 0.3) is 0 Å². The van der Waals surface area contributed by atoms with E-state index in [1.807, 2.05) is 20.9 Å². The minimum absolute atomic E-state index is 0.284. The molecule has 2 N–H and O–H groups in total. The van der Waals surface area contributed by atoms with Crippen molar-refractivity contribution in [3.63, 3.8) is 0 Å². The Balaban J connectivity index is 2.91. The third-order valence-electron chi connectivity index (χ3n) is 3.41. The third kappa shape index (κ3) is 3.13. The van der Waals surface area contributed by atoms with Crippen molar-refractivity contribution in [1.29, 1.82) is 0 Å². The number of nitrogens with one attached hydrogen (secondary N) is 1. The van der Waals surface area contributed by atoms with Crippen LogP contribution in [-0.2, 0) is 16.6 Å². The Labute approximate surface area is 112 Å². The predicted octanol–water partition coefficient (Wildman–Crippen LogP) is 1.12. The zero-order valence-electron chi connectivity index (χ0n) is 12.0. The Hall–Kier alpha value is -1.85. The Bertz CT molecular complexity index is 494. The van der Waals surface area contributed by atoms with E-state index in [1.165, 1.54) is 0 Å². The molecule has 0 radical (unpaired) electrons. The Morgan fingerprint density at radius 1 is 1.42 bits per heavy atom. The fourth-order valence-electron chi connectivity index (χ4n) is 2.18. The van der Waals surface area contributed by atoms with E-state index in [-0.39, 0.29) is 5.91 Å². The Morgan fingerprint density at radius 2 is 2.00 bits per heavy atom. The predicted molar refractivity (Wildman–Crippen MR) is 71.0 cm³/mol. The van der Waals surface area contributed by atoms with E-state index in [2.05, 4.69) is 10.4 Å². The minimum Gasteiger partial charge on any atom is -0.480 e. The van der Waals surface area contributed by atoms with Crippen LogP contribution < -0.4 is 5.32 Å². The van der Waals surface area contributed by atoms with Crippen LogP contribution >= 0.6 is 0 Å². The van der Waals surface area contributed by atoms with Gasteiger partial charge in [0.25, 0.3) is 0 Å². The van der Waals surface area contributed by atoms with E-state index in [9.17, 15) is 9.59 Å². The summed E-state index contributed by atoms with van der Waals surface area (Å²) in [5.74, 6) is -1.71. The summed E-state index contributed by atoms with van der Waals surface area (Å²) in [7, 11) is 1.82. The molecule has 1 aromatic heterocycles. The smallest absolute Gasteiger partial charge is 0.326 e. The van der Waals surface area contributed by atoms with Crippen molar-refractivity contribution in [2.24, 2.45) is 7.05 Å². The molecule has 19 heavy (non-hydrogen) atoms. The zero-order chi connectivity index (χ0) is 14.7. The highest BCUT2D eigenvalue weighted by Crippen LogP contribution is 2.23. The maximum Gasteiger partial charge on any atom is 0.326 e. The Morgan fingerprint density at radius 3 is 2.37 bits per heavy atom. The molecule has 0 aliphatic carbocycles. The van der Waals surface area contributed by atoms with Gasteiger partial charge in [0, 0.05) is 18.3 Å². The van der Waals surface area contributed by atoms with Crippen molar-refractivity contribution >= 4 is 11.9 Å². The van der Waals surface area contributed by atoms with Gasteiger partial charge in [-0.1, -0.05) is 6.92 Å². The summed E-state index contributed by atoms with van der Waals surface area (Å²) in [6.07, 6.45) is 0.360. The first-order chi connectivity index (χ1) is 8.79. The molecule has 6 heteroatoms. The number of aliphatic carboxylic acids is 1. The third-order valence-corrected chi connectivity index (χ3v) is 3.41. The topological polar surface area (TPSA) is 84.2 Å². The van der Waals surface area contributed by atoms with Crippen LogP contribution in [0.2, 0.25) is 0 Å². The lowest BCUT2D eigenvalue weighted by Gasteiger charge is -2.17. The maximum atomic E-state index is 12.1. The van der Waals surface area contributed by atoms with Crippen molar-refractivity contribution < 1.29 is 14.7 Å². The highest BCUT2D eigenvalue weighted by molar-refractivity contribution is 5.88. The van der Waals surface area contributed by atoms with E-state index < -0.39 is 17.9 Å². The van der Waals surface area contributed by atoms with Crippen molar-refractivity contribution in [2.75, 3.05) is 0 Å². The van der Waals surface area contributed by atoms with Crippen molar-refractivity contribution in [3.05, 3.63) is 17.0 Å². The first kappa shape index (κ1) is 15.2. The second kappa shape index (κ2) is 5.86. The lowest BCUT2D eigenvalue weighted by Crippen LogP contribution is -2.42. The van der Waals surface area contributed by atoms with Gasteiger partial charge in [-0.2, -0.15) is 5.10 Å². The molecule has 0 aliphatic heterocycles. The van der Waals surface area contributed by atoms with Gasteiger partial charge in [0.1, 0.15) is 6.04 Å². The molecule has 0 bridgehead atoms. The summed E-state index contributed by atoms with van der Waals surface area (Å²) in [5.41, 5.74) is 2.58. The SMILES string of the molecule is CCC(NC(=O)C(C)c1c(C)nn(C)c1C)C(=O)O. The molecule has 2 unspecified atom stereocenters. The van der Waals surface area contributed by atoms with E-state index >= 15 is 0 Å². The second-order valence-electron chi connectivity index (χ2n) is 4.74. The highest BCUT2D eigenvalue weighted by atomic mass is 16.4. The number of carbonyl (C=O) groups excluding carboxylic acids is 1. The summed E-state index contributed by atoms with van der Waals surface area (Å²) >= 11 is 0. The first-order valence-electron chi connectivity index (χ1n) is 6.32. The molecule has 1 heterocycles. The van der Waals surface area contributed by atoms with E-state index in [0.717, 1.165) is 17.0 Å². The molecular weight excluding hydrogens is 246 g/mol. The Kier molecular flexibility index (Phi) is 4.69. The van der Waals surface area contributed by atoms with Crippen molar-refractivity contribution in [1.82, 2.24) is 15.1 Å². The highest BCUT2D eigenvalue weighted by Gasteiger charge is 2.26. The number of carboxylic acid groups (broad SMARTS) is 1. The molecule has 6 nitrogen and oxygen atoms in total. The van der Waals surface area contributed by atoms with Crippen LogP contribution in [0.15, 0.2) is 0 Å². The monoisotopic (exact) mass is 267 g/mol. The molecule has 0 aliphatic rings. The molecule has 0 saturated carbocycles. The molecular formula is C13H21N3O3. The van der Waals surface area contributed by atoms with Crippen LogP contribution in [0.3, 0.4) is 0 Å². The first-order valence-corrected chi connectivity index (χ1v) is 6.32. The fraction of sp³-hybridized carbons (Fsp3) is 0.615. The quantitative estimate of drug-likeness (QED) is 0.837. The van der Waals surface area contributed by atoms with Gasteiger partial charge in [-0.05, 0) is 27.2 Å². The van der Waals surface area contributed by atoms with E-state index in [1.54, 1.807) is 18.5 Å². The minimum atomic E-state index is -1.01. The normalized spacial score (nSPS) is 13.9. The summed E-state index contributed by atoms with van der Waals surface area (Å²) in [5, 5.41) is 15.8. The molecule has 2 atom stereocenters. The van der Waals surface area contributed by atoms with Gasteiger partial charge in [-0.25, -0.2) is 4.79 Å². The summed E-state index contributed by atoms with van der Waals surface area (Å²) < 4.78 is 1.73. The van der Waals surface area contributed by atoms with Gasteiger partial charge in [0.05, 0.1) is 11.6 Å². The number of aryl methyl sites for hydroxylation is 2. The molecule has 1 aromatic rings. The number of amides is 1. The molecule has 0 saturated heterocycles. The van der Waals surface area contributed by atoms with Crippen LogP contribution in [0.5, 0.6) is 0 Å². The average molecular weight is 267 g/mol. The van der Waals surface area contributed by atoms with E-state index in [0.29, 0.717) is 6.42 Å². The molecule has 0 aromatic carbocycles. The average Bonchev–Trinajstić information content (AvgIpc) is 2.58. The number of aromatic nitrogens is 2. The molecule has 1 rings (SSSR count). The number of carbonyl (C=O) groups is 2. The van der Waals surface area contributed by atoms with Crippen molar-refractivity contribution in [3.8, 4) is 0 Å². The number of carboxylic acids is 1. The molecule has 106 valence electrons. The van der Waals surface area contributed by atoms with Crippen LogP contribution in [0, 0.1) is 13.8 Å². The lowest BCUT2D eigenvalue weighted by molar-refractivity contribution is -0.142. The summed E-state index contributed by atoms with van der Waals surface area (Å²) in [4.78, 5) is 23.1. The van der Waals surface area contributed by atoms with Crippen molar-refractivity contribution in [2.45, 2.75) is 46.1 Å². The molecule has 1 amide bonds. The van der Waals surface area contributed by atoms with E-state index in [4.69, 9.17) is 5.11 Å². The summed E-state index contributed by atoms with van der Waals surface area (Å²) in [6.45, 7) is 7.24. The van der Waals surface area contributed by atoms with Gasteiger partial charge in [0.2, 0.25) is 5.91 Å². The van der Waals surface area contributed by atoms with Crippen LogP contribution in [0.4, 0.5) is 0 Å². The number of hydrogen-bond donors (Lipinski definition) is 2. The largest absolute Gasteiger partial charge is 0.480 e. The fourth-order valence-corrected chi connectivity index (χ4v) is 2.18. The molecule has 0 spiro atoms. The van der Waals surface area contributed by atoms with Gasteiger partial charge in [-0.3, -0.25) is 9.48 Å². The second-order valence-corrected chi connectivity index (χ2v) is 4.74. The molecule has 0 fully saturated rings. The zero-order valence-corrected chi connectivity index (χ0v) is 12.0. The lowest BCUT2D eigenvalue weighted by atomic mass is 9.98. The van der Waals surface area contributed by atoms with Crippen LogP contribution in [-0.4, -0.2) is 32.8 Å². The van der Waals surface area contributed by atoms with Gasteiger partial charge in [-0.15, -0.1) is 0 Å². The van der Waals surface area contributed by atoms with Gasteiger partial charge < -0.3 is 10.4 Å². The van der Waals surface area contributed by atoms with Gasteiger partial charge in [0.15, 0.2) is 0 Å². The number of nitrogens with zero attached hydrogens (tertiary/aromatic N) is 2. The standard InChI is InChI=1S/C13H21N3O3/c1-6-10(13(18)19)14-12(17)7(2)11-8(3)15-16(5)9(11)4/h7,10H,6H2,1-5H3,(H,14,17)(H,18,19). The maximum absolute atomic E-state index is 12.1. The summed E-state index contributed by atoms with van der Waals surface area (Å²) in [6, 6.07) is -0.841. The van der Waals surface area contributed by atoms with Crippen LogP contribution in [0.1, 0.15) is 43.1 Å². The number of rotatable bonds is 5. The number of hydrogen-bond acceptors (Lipinski definition) is 3.